The predicted octanol–water partition coefficient (Wildman–Crippen LogP) is 3.00. The van der Waals surface area contributed by atoms with E-state index < -0.39 is 0 Å². The van der Waals surface area contributed by atoms with Gasteiger partial charge in [0.2, 0.25) is 0 Å². The molecule has 6 heteroatoms. The van der Waals surface area contributed by atoms with Gasteiger partial charge in [-0.05, 0) is 45.8 Å². The lowest BCUT2D eigenvalue weighted by atomic mass is 9.96. The first kappa shape index (κ1) is 12.2. The van der Waals surface area contributed by atoms with Crippen LogP contribution in [0.25, 0.3) is 10.4 Å². The number of ether oxygens (including phenoxy) is 1. The van der Waals surface area contributed by atoms with Crippen LogP contribution >= 0.6 is 22.6 Å². The van der Waals surface area contributed by atoms with Crippen molar-refractivity contribution in [2.24, 2.45) is 5.11 Å². The maximum atomic E-state index is 11.7. The van der Waals surface area contributed by atoms with Gasteiger partial charge >= 0.3 is 5.97 Å². The molecule has 1 aromatic rings. The molecule has 5 nitrogen and oxygen atoms in total. The first-order valence-corrected chi connectivity index (χ1v) is 6.25. The second kappa shape index (κ2) is 5.37. The molecule has 1 heterocycles. The fourth-order valence-electron chi connectivity index (χ4n) is 1.86. The molecule has 88 valence electrons. The van der Waals surface area contributed by atoms with E-state index >= 15 is 0 Å². The Morgan fingerprint density at radius 3 is 2.82 bits per heavy atom. The number of hydrogen-bond acceptors (Lipinski definition) is 3. The topological polar surface area (TPSA) is 75.1 Å². The quantitative estimate of drug-likeness (QED) is 0.278. The van der Waals surface area contributed by atoms with E-state index in [0.717, 1.165) is 9.13 Å². The van der Waals surface area contributed by atoms with Gasteiger partial charge in [-0.3, -0.25) is 4.79 Å². The molecule has 2 rings (SSSR count). The van der Waals surface area contributed by atoms with E-state index in [-0.39, 0.29) is 24.5 Å². The summed E-state index contributed by atoms with van der Waals surface area (Å²) in [6, 6.07) is 7.79. The van der Waals surface area contributed by atoms with Gasteiger partial charge in [0.25, 0.3) is 0 Å². The van der Waals surface area contributed by atoms with Gasteiger partial charge in [0.05, 0.1) is 12.5 Å². The Morgan fingerprint density at radius 2 is 2.18 bits per heavy atom. The summed E-state index contributed by atoms with van der Waals surface area (Å²) >= 11 is 2.22. The lowest BCUT2D eigenvalue weighted by Crippen LogP contribution is -2.09. The first-order valence-electron chi connectivity index (χ1n) is 5.17. The van der Waals surface area contributed by atoms with Gasteiger partial charge in [-0.2, -0.15) is 0 Å². The highest BCUT2D eigenvalue weighted by Gasteiger charge is 2.34. The van der Waals surface area contributed by atoms with E-state index in [0.29, 0.717) is 6.42 Å². The third-order valence-corrected chi connectivity index (χ3v) is 3.41. The molecule has 17 heavy (non-hydrogen) atoms. The summed E-state index contributed by atoms with van der Waals surface area (Å²) in [4.78, 5) is 14.3. The molecule has 0 radical (unpaired) electrons. The Kier molecular flexibility index (Phi) is 3.86. The second-order valence-corrected chi connectivity index (χ2v) is 5.06. The number of azide groups is 1. The number of esters is 1. The molecule has 1 aromatic carbocycles. The van der Waals surface area contributed by atoms with Crippen LogP contribution < -0.4 is 0 Å². The van der Waals surface area contributed by atoms with Crippen molar-refractivity contribution in [3.8, 4) is 0 Å². The first-order chi connectivity index (χ1) is 8.20. The van der Waals surface area contributed by atoms with Crippen molar-refractivity contribution in [3.63, 3.8) is 0 Å². The maximum Gasteiger partial charge on any atom is 0.313 e. The van der Waals surface area contributed by atoms with Crippen LogP contribution in [0.2, 0.25) is 0 Å². The van der Waals surface area contributed by atoms with E-state index in [9.17, 15) is 4.79 Å². The molecular formula is C11H10IN3O2. The molecule has 0 bridgehead atoms. The molecule has 0 amide bonds. The summed E-state index contributed by atoms with van der Waals surface area (Å²) in [5.41, 5.74) is 9.18. The Balaban J connectivity index is 2.10. The van der Waals surface area contributed by atoms with Crippen LogP contribution in [-0.2, 0) is 9.53 Å². The maximum absolute atomic E-state index is 11.7. The van der Waals surface area contributed by atoms with Crippen molar-refractivity contribution < 1.29 is 9.53 Å². The number of carbonyl (C=O) groups is 1. The molecule has 1 saturated heterocycles. The molecule has 1 aliphatic rings. The van der Waals surface area contributed by atoms with E-state index in [1.54, 1.807) is 0 Å². The average Bonchev–Trinajstić information content (AvgIpc) is 2.69. The fourth-order valence-corrected chi connectivity index (χ4v) is 2.22. The highest BCUT2D eigenvalue weighted by molar-refractivity contribution is 14.1. The van der Waals surface area contributed by atoms with Crippen LogP contribution in [0.3, 0.4) is 0 Å². The third kappa shape index (κ3) is 2.89. The summed E-state index contributed by atoms with van der Waals surface area (Å²) < 4.78 is 6.28. The van der Waals surface area contributed by atoms with Gasteiger partial charge in [0, 0.05) is 14.9 Å². The van der Waals surface area contributed by atoms with Crippen LogP contribution in [0, 0.1) is 3.57 Å². The largest absolute Gasteiger partial charge is 0.462 e. The molecule has 1 unspecified atom stereocenters. The Labute approximate surface area is 112 Å². The van der Waals surface area contributed by atoms with Gasteiger partial charge in [-0.15, -0.1) is 0 Å². The average molecular weight is 343 g/mol. The van der Waals surface area contributed by atoms with Crippen LogP contribution in [0.1, 0.15) is 17.9 Å². The fraction of sp³-hybridized carbons (Fsp3) is 0.364. The van der Waals surface area contributed by atoms with Crippen LogP contribution in [0.15, 0.2) is 29.4 Å². The van der Waals surface area contributed by atoms with E-state index in [2.05, 4.69) is 32.6 Å². The highest BCUT2D eigenvalue weighted by atomic mass is 127. The minimum atomic E-state index is -0.289. The van der Waals surface area contributed by atoms with Crippen LogP contribution in [0.4, 0.5) is 0 Å². The van der Waals surface area contributed by atoms with Gasteiger partial charge < -0.3 is 4.74 Å². The predicted molar refractivity (Wildman–Crippen MR) is 70.4 cm³/mol. The molecule has 0 aromatic heterocycles. The number of nitrogens with zero attached hydrogens (tertiary/aromatic N) is 3. The minimum Gasteiger partial charge on any atom is -0.462 e. The van der Waals surface area contributed by atoms with E-state index in [1.165, 1.54) is 0 Å². The SMILES string of the molecule is [N-]=[N+]=NC[C@H]1CC(c2ccc(I)cc2)C(=O)O1. The van der Waals surface area contributed by atoms with E-state index in [1.807, 2.05) is 24.3 Å². The molecule has 1 aliphatic heterocycles. The Hall–Kier alpha value is -1.27. The van der Waals surface area contributed by atoms with Crippen molar-refractivity contribution in [1.82, 2.24) is 0 Å². The number of cyclic esters (lactones) is 1. The van der Waals surface area contributed by atoms with Gasteiger partial charge in [-0.1, -0.05) is 17.2 Å². The molecule has 0 aliphatic carbocycles. The van der Waals surface area contributed by atoms with Crippen molar-refractivity contribution in [3.05, 3.63) is 43.8 Å². The number of rotatable bonds is 3. The standard InChI is InChI=1S/C11H10IN3O2/c12-8-3-1-7(2-4-8)10-5-9(6-14-15-13)17-11(10)16/h1-4,9-10H,5-6H2/t9-,10?/m1/s1. The Morgan fingerprint density at radius 1 is 1.47 bits per heavy atom. The summed E-state index contributed by atoms with van der Waals surface area (Å²) in [6.07, 6.45) is 0.293. The monoisotopic (exact) mass is 343 g/mol. The molecule has 0 N–H and O–H groups in total. The number of benzene rings is 1. The number of hydrogen-bond donors (Lipinski definition) is 0. The van der Waals surface area contributed by atoms with Crippen molar-refractivity contribution >= 4 is 28.6 Å². The zero-order valence-electron chi connectivity index (χ0n) is 8.91. The van der Waals surface area contributed by atoms with E-state index in [4.69, 9.17) is 10.3 Å². The van der Waals surface area contributed by atoms with Gasteiger partial charge in [-0.25, -0.2) is 0 Å². The smallest absolute Gasteiger partial charge is 0.313 e. The molecule has 0 saturated carbocycles. The molecular weight excluding hydrogens is 333 g/mol. The van der Waals surface area contributed by atoms with Crippen LogP contribution in [0.5, 0.6) is 0 Å². The number of carbonyl (C=O) groups excluding carboxylic acids is 1. The van der Waals surface area contributed by atoms with Crippen molar-refractivity contribution in [2.75, 3.05) is 6.54 Å². The highest BCUT2D eigenvalue weighted by Crippen LogP contribution is 2.31. The summed E-state index contributed by atoms with van der Waals surface area (Å²) in [7, 11) is 0. The lowest BCUT2D eigenvalue weighted by molar-refractivity contribution is -0.142. The molecule has 2 atom stereocenters. The van der Waals surface area contributed by atoms with Crippen molar-refractivity contribution in [2.45, 2.75) is 18.4 Å². The lowest BCUT2D eigenvalue weighted by Gasteiger charge is -2.05. The summed E-state index contributed by atoms with van der Waals surface area (Å²) in [6.45, 7) is 0.211. The molecule has 1 fully saturated rings. The number of halogens is 1. The van der Waals surface area contributed by atoms with Crippen LogP contribution in [-0.4, -0.2) is 18.6 Å². The van der Waals surface area contributed by atoms with Crippen molar-refractivity contribution in [1.29, 1.82) is 0 Å². The van der Waals surface area contributed by atoms with Gasteiger partial charge in [0.15, 0.2) is 0 Å². The Bertz CT molecular complexity index is 468. The minimum absolute atomic E-state index is 0.211. The normalized spacial score (nSPS) is 23.0. The zero-order valence-corrected chi connectivity index (χ0v) is 11.1. The van der Waals surface area contributed by atoms with Gasteiger partial charge in [0.1, 0.15) is 6.10 Å². The zero-order chi connectivity index (χ0) is 12.3. The second-order valence-electron chi connectivity index (χ2n) is 3.81. The summed E-state index contributed by atoms with van der Waals surface area (Å²) in [5, 5.41) is 3.43. The summed E-state index contributed by atoms with van der Waals surface area (Å²) in [5.74, 6) is -0.463. The molecule has 0 spiro atoms. The third-order valence-electron chi connectivity index (χ3n) is 2.69.